The van der Waals surface area contributed by atoms with Gasteiger partial charge in [-0.15, -0.1) is 0 Å². The molecule has 2 aromatic rings. The summed E-state index contributed by atoms with van der Waals surface area (Å²) in [7, 11) is 0. The van der Waals surface area contributed by atoms with Crippen molar-refractivity contribution in [3.05, 3.63) is 64.9 Å². The highest BCUT2D eigenvalue weighted by Crippen LogP contribution is 2.46. The van der Waals surface area contributed by atoms with E-state index in [1.54, 1.807) is 18.5 Å². The van der Waals surface area contributed by atoms with Gasteiger partial charge in [-0.25, -0.2) is 4.39 Å². The van der Waals surface area contributed by atoms with Gasteiger partial charge in [-0.05, 0) is 30.0 Å². The van der Waals surface area contributed by atoms with E-state index in [1.807, 2.05) is 13.8 Å². The number of rotatable bonds is 1. The van der Waals surface area contributed by atoms with Gasteiger partial charge in [-0.1, -0.05) is 19.9 Å². The van der Waals surface area contributed by atoms with Crippen molar-refractivity contribution in [2.24, 2.45) is 5.41 Å². The molecule has 1 aliphatic heterocycles. The highest BCUT2D eigenvalue weighted by Gasteiger charge is 2.40. The second kappa shape index (κ2) is 6.57. The summed E-state index contributed by atoms with van der Waals surface area (Å²) in [6.07, 6.45) is -0.704. The largest absolute Gasteiger partial charge is 0.416 e. The molecule has 4 nitrogen and oxygen atoms in total. The first-order valence-corrected chi connectivity index (χ1v) is 9.16. The number of aromatic nitrogens is 1. The SMILES string of the molecule is CC1(C)CC(=O)C2=C(C1)Nc1cnccc1NC2c1ccc(C(F)(F)F)cc1F. The lowest BCUT2D eigenvalue weighted by atomic mass is 9.73. The number of carbonyl (C=O) groups excluding carboxylic acids is 1. The zero-order valence-corrected chi connectivity index (χ0v) is 15.8. The molecular weight excluding hydrogens is 386 g/mol. The molecule has 0 saturated heterocycles. The number of carbonyl (C=O) groups is 1. The average molecular weight is 405 g/mol. The number of fused-ring (bicyclic) bond motifs is 1. The first kappa shape index (κ1) is 19.4. The van der Waals surface area contributed by atoms with E-state index in [4.69, 9.17) is 0 Å². The minimum atomic E-state index is -4.65. The number of nitrogens with one attached hydrogen (secondary N) is 2. The maximum atomic E-state index is 14.8. The first-order valence-electron chi connectivity index (χ1n) is 9.16. The van der Waals surface area contributed by atoms with Crippen LogP contribution in [-0.2, 0) is 11.0 Å². The molecule has 2 aliphatic rings. The Balaban J connectivity index is 1.88. The molecule has 1 aromatic heterocycles. The summed E-state index contributed by atoms with van der Waals surface area (Å²) in [6, 6.07) is 3.17. The monoisotopic (exact) mass is 405 g/mol. The Labute approximate surface area is 165 Å². The highest BCUT2D eigenvalue weighted by atomic mass is 19.4. The molecule has 0 amide bonds. The van der Waals surface area contributed by atoms with Crippen LogP contribution in [0.4, 0.5) is 28.9 Å². The lowest BCUT2D eigenvalue weighted by molar-refractivity contribution is -0.137. The fourth-order valence-corrected chi connectivity index (χ4v) is 3.96. The molecule has 4 rings (SSSR count). The molecule has 1 unspecified atom stereocenters. The highest BCUT2D eigenvalue weighted by molar-refractivity contribution is 6.01. The van der Waals surface area contributed by atoms with E-state index in [9.17, 15) is 22.4 Å². The summed E-state index contributed by atoms with van der Waals surface area (Å²) in [6.45, 7) is 3.93. The van der Waals surface area contributed by atoms with E-state index in [1.165, 1.54) is 0 Å². The van der Waals surface area contributed by atoms with Crippen molar-refractivity contribution >= 4 is 17.2 Å². The molecule has 1 atom stereocenters. The molecule has 0 bridgehead atoms. The number of Topliss-reactive ketones (excluding diaryl/α,β-unsaturated/α-hetero) is 1. The molecule has 1 aliphatic carbocycles. The Morgan fingerprint density at radius 1 is 1.14 bits per heavy atom. The second-order valence-electron chi connectivity index (χ2n) is 8.19. The Kier molecular flexibility index (Phi) is 4.40. The summed E-state index contributed by atoms with van der Waals surface area (Å²) in [4.78, 5) is 17.1. The maximum absolute atomic E-state index is 14.8. The lowest BCUT2D eigenvalue weighted by Gasteiger charge is -2.34. The molecular formula is C21H19F4N3O. The predicted octanol–water partition coefficient (Wildman–Crippen LogP) is 5.46. The van der Waals surface area contributed by atoms with Crippen LogP contribution in [0.15, 0.2) is 47.9 Å². The van der Waals surface area contributed by atoms with Crippen LogP contribution in [0.1, 0.15) is 43.9 Å². The van der Waals surface area contributed by atoms with Crippen molar-refractivity contribution in [3.8, 4) is 0 Å². The van der Waals surface area contributed by atoms with Crippen LogP contribution in [0, 0.1) is 11.2 Å². The van der Waals surface area contributed by atoms with Gasteiger partial charge in [-0.2, -0.15) is 13.2 Å². The van der Waals surface area contributed by atoms with Crippen molar-refractivity contribution in [2.75, 3.05) is 10.6 Å². The number of anilines is 2. The van der Waals surface area contributed by atoms with Crippen LogP contribution < -0.4 is 10.6 Å². The number of hydrogen-bond acceptors (Lipinski definition) is 4. The second-order valence-corrected chi connectivity index (χ2v) is 8.19. The van der Waals surface area contributed by atoms with Crippen molar-refractivity contribution in [1.29, 1.82) is 0 Å². The number of allylic oxidation sites excluding steroid dienone is 1. The summed E-state index contributed by atoms with van der Waals surface area (Å²) in [5, 5.41) is 6.36. The van der Waals surface area contributed by atoms with E-state index in [-0.39, 0.29) is 23.2 Å². The van der Waals surface area contributed by atoms with Crippen LogP contribution in [0.5, 0.6) is 0 Å². The normalized spacial score (nSPS) is 20.9. The van der Waals surface area contributed by atoms with Gasteiger partial charge in [0.15, 0.2) is 5.78 Å². The molecule has 8 heteroatoms. The van der Waals surface area contributed by atoms with Crippen LogP contribution in [0.25, 0.3) is 0 Å². The minimum Gasteiger partial charge on any atom is -0.372 e. The Morgan fingerprint density at radius 3 is 2.59 bits per heavy atom. The quantitative estimate of drug-likeness (QED) is 0.619. The first-order chi connectivity index (χ1) is 13.5. The van der Waals surface area contributed by atoms with Crippen molar-refractivity contribution in [3.63, 3.8) is 0 Å². The summed E-state index contributed by atoms with van der Waals surface area (Å²) >= 11 is 0. The van der Waals surface area contributed by atoms with E-state index >= 15 is 0 Å². The van der Waals surface area contributed by atoms with Crippen LogP contribution in [0.2, 0.25) is 0 Å². The van der Waals surface area contributed by atoms with Crippen molar-refractivity contribution in [2.45, 2.75) is 38.9 Å². The topological polar surface area (TPSA) is 54.0 Å². The molecule has 0 radical (unpaired) electrons. The third-order valence-corrected chi connectivity index (χ3v) is 5.25. The van der Waals surface area contributed by atoms with Crippen LogP contribution >= 0.6 is 0 Å². The van der Waals surface area contributed by atoms with Gasteiger partial charge in [0.25, 0.3) is 0 Å². The van der Waals surface area contributed by atoms with E-state index in [0.29, 0.717) is 35.1 Å². The predicted molar refractivity (Wildman–Crippen MR) is 101 cm³/mol. The molecule has 1 aromatic carbocycles. The molecule has 0 spiro atoms. The van der Waals surface area contributed by atoms with Crippen LogP contribution in [0.3, 0.4) is 0 Å². The zero-order chi connectivity index (χ0) is 21.0. The van der Waals surface area contributed by atoms with E-state index in [2.05, 4.69) is 15.6 Å². The number of ketones is 1. The number of alkyl halides is 3. The third kappa shape index (κ3) is 3.59. The Morgan fingerprint density at radius 2 is 1.90 bits per heavy atom. The molecule has 152 valence electrons. The van der Waals surface area contributed by atoms with Gasteiger partial charge in [0.1, 0.15) is 5.82 Å². The average Bonchev–Trinajstić information content (AvgIpc) is 2.76. The Hall–Kier alpha value is -2.90. The number of halogens is 4. The zero-order valence-electron chi connectivity index (χ0n) is 15.8. The Bertz CT molecular complexity index is 1030. The summed E-state index contributed by atoms with van der Waals surface area (Å²) < 4.78 is 53.7. The van der Waals surface area contributed by atoms with Crippen LogP contribution in [-0.4, -0.2) is 10.8 Å². The van der Waals surface area contributed by atoms with Gasteiger partial charge in [0, 0.05) is 29.5 Å². The molecule has 0 saturated carbocycles. The fraction of sp³-hybridized carbons (Fsp3) is 0.333. The van der Waals surface area contributed by atoms with Gasteiger partial charge >= 0.3 is 6.18 Å². The summed E-state index contributed by atoms with van der Waals surface area (Å²) in [5.74, 6) is -1.18. The maximum Gasteiger partial charge on any atom is 0.416 e. The van der Waals surface area contributed by atoms with E-state index < -0.39 is 23.6 Å². The van der Waals surface area contributed by atoms with Gasteiger partial charge in [0.2, 0.25) is 0 Å². The molecule has 29 heavy (non-hydrogen) atoms. The number of benzene rings is 1. The molecule has 2 N–H and O–H groups in total. The smallest absolute Gasteiger partial charge is 0.372 e. The van der Waals surface area contributed by atoms with Gasteiger partial charge in [-0.3, -0.25) is 9.78 Å². The third-order valence-electron chi connectivity index (χ3n) is 5.25. The van der Waals surface area contributed by atoms with Gasteiger partial charge in [0.05, 0.1) is 29.2 Å². The van der Waals surface area contributed by atoms with Gasteiger partial charge < -0.3 is 10.6 Å². The number of nitrogens with zero attached hydrogens (tertiary/aromatic N) is 1. The standard InChI is InChI=1S/C21H19F4N3O/c1-20(2)8-15-18(17(29)9-20)19(28-14-5-6-26-10-16(14)27-15)12-4-3-11(7-13(12)22)21(23,24)25/h3-7,10,19,27-28H,8-9H2,1-2H3. The van der Waals surface area contributed by atoms with Crippen molar-refractivity contribution in [1.82, 2.24) is 4.98 Å². The summed E-state index contributed by atoms with van der Waals surface area (Å²) in [5.41, 5.74) is 0.822. The number of pyridine rings is 1. The van der Waals surface area contributed by atoms with Crippen molar-refractivity contribution < 1.29 is 22.4 Å². The minimum absolute atomic E-state index is 0.00924. The molecule has 0 fully saturated rings. The fourth-order valence-electron chi connectivity index (χ4n) is 3.96. The number of hydrogen-bond donors (Lipinski definition) is 2. The molecule has 2 heterocycles. The lowest BCUT2D eigenvalue weighted by Crippen LogP contribution is -2.31. The van der Waals surface area contributed by atoms with E-state index in [0.717, 1.165) is 12.1 Å².